The molecule has 0 heterocycles. The van der Waals surface area contributed by atoms with E-state index in [9.17, 15) is 4.79 Å². The van der Waals surface area contributed by atoms with Crippen molar-refractivity contribution in [1.82, 2.24) is 0 Å². The van der Waals surface area contributed by atoms with Crippen LogP contribution in [0.2, 0.25) is 0 Å². The van der Waals surface area contributed by atoms with E-state index in [2.05, 4.69) is 30.0 Å². The predicted molar refractivity (Wildman–Crippen MR) is 78.5 cm³/mol. The van der Waals surface area contributed by atoms with Crippen molar-refractivity contribution in [1.29, 1.82) is 0 Å². The van der Waals surface area contributed by atoms with Crippen LogP contribution in [-0.4, -0.2) is 30.2 Å². The van der Waals surface area contributed by atoms with Gasteiger partial charge < -0.3 is 15.7 Å². The van der Waals surface area contributed by atoms with E-state index in [-0.39, 0.29) is 0 Å². The average molecular weight is 264 g/mol. The van der Waals surface area contributed by atoms with Gasteiger partial charge in [0.2, 0.25) is 0 Å². The van der Waals surface area contributed by atoms with Gasteiger partial charge in [0.25, 0.3) is 0 Å². The summed E-state index contributed by atoms with van der Waals surface area (Å²) in [5, 5.41) is 9.11. The van der Waals surface area contributed by atoms with Crippen molar-refractivity contribution < 1.29 is 9.90 Å². The summed E-state index contributed by atoms with van der Waals surface area (Å²) < 4.78 is 0. The molecule has 0 aliphatic carbocycles. The van der Waals surface area contributed by atoms with Crippen LogP contribution in [0.4, 0.5) is 5.69 Å². The molecule has 4 heteroatoms. The van der Waals surface area contributed by atoms with Gasteiger partial charge in [-0.2, -0.15) is 0 Å². The summed E-state index contributed by atoms with van der Waals surface area (Å²) in [6.45, 7) is 4.68. The highest BCUT2D eigenvalue weighted by molar-refractivity contribution is 5.78. The van der Waals surface area contributed by atoms with Crippen LogP contribution in [0, 0.1) is 6.92 Å². The first-order valence-corrected chi connectivity index (χ1v) is 6.69. The number of carboxylic acids is 1. The second kappa shape index (κ2) is 6.57. The number of carboxylic acid groups (broad SMARTS) is 1. The molecule has 1 unspecified atom stereocenters. The van der Waals surface area contributed by atoms with Crippen LogP contribution in [-0.2, 0) is 4.79 Å². The average Bonchev–Trinajstić information content (AvgIpc) is 2.38. The van der Waals surface area contributed by atoms with E-state index in [1.54, 1.807) is 0 Å². The molecule has 1 aromatic carbocycles. The van der Waals surface area contributed by atoms with Gasteiger partial charge in [0, 0.05) is 19.3 Å². The van der Waals surface area contributed by atoms with E-state index in [0.29, 0.717) is 12.8 Å². The number of aryl methyl sites for hydroxylation is 1. The molecule has 1 aromatic rings. The van der Waals surface area contributed by atoms with Gasteiger partial charge in [-0.15, -0.1) is 0 Å². The van der Waals surface area contributed by atoms with Crippen LogP contribution in [0.25, 0.3) is 0 Å². The molecule has 0 aliphatic heterocycles. The van der Waals surface area contributed by atoms with Crippen molar-refractivity contribution in [2.75, 3.05) is 18.5 Å². The Labute approximate surface area is 115 Å². The lowest BCUT2D eigenvalue weighted by atomic mass is 9.92. The van der Waals surface area contributed by atoms with Crippen molar-refractivity contribution in [3.05, 3.63) is 29.8 Å². The Morgan fingerprint density at radius 1 is 1.47 bits per heavy atom. The Kier molecular flexibility index (Phi) is 5.36. The fourth-order valence-electron chi connectivity index (χ4n) is 2.06. The molecule has 1 rings (SSSR count). The van der Waals surface area contributed by atoms with Gasteiger partial charge >= 0.3 is 5.97 Å². The molecule has 0 saturated heterocycles. The number of hydrogen-bond donors (Lipinski definition) is 2. The summed E-state index contributed by atoms with van der Waals surface area (Å²) in [5.74, 6) is -0.909. The van der Waals surface area contributed by atoms with E-state index >= 15 is 0 Å². The smallest absolute Gasteiger partial charge is 0.323 e. The van der Waals surface area contributed by atoms with E-state index in [0.717, 1.165) is 18.7 Å². The normalized spacial score (nSPS) is 13.9. The lowest BCUT2D eigenvalue weighted by Gasteiger charge is -2.25. The third-order valence-electron chi connectivity index (χ3n) is 3.62. The molecule has 0 aliphatic rings. The molecule has 4 nitrogen and oxygen atoms in total. The highest BCUT2D eigenvalue weighted by Crippen LogP contribution is 2.18. The number of aliphatic carboxylic acids is 1. The minimum Gasteiger partial charge on any atom is -0.480 e. The topological polar surface area (TPSA) is 66.6 Å². The SMILES string of the molecule is CCC(N)(CCCN(C)c1cccc(C)c1)C(=O)O. The van der Waals surface area contributed by atoms with Crippen molar-refractivity contribution >= 4 is 11.7 Å². The van der Waals surface area contributed by atoms with Gasteiger partial charge in [0.05, 0.1) is 0 Å². The number of benzene rings is 1. The Bertz CT molecular complexity index is 434. The van der Waals surface area contributed by atoms with Crippen LogP contribution in [0.1, 0.15) is 31.7 Å². The maximum Gasteiger partial charge on any atom is 0.323 e. The maximum atomic E-state index is 11.1. The van der Waals surface area contributed by atoms with Gasteiger partial charge in [-0.1, -0.05) is 19.1 Å². The molecule has 106 valence electrons. The third kappa shape index (κ3) is 4.24. The second-order valence-corrected chi connectivity index (χ2v) is 5.18. The molecular formula is C15H24N2O2. The number of nitrogens with zero attached hydrogens (tertiary/aromatic N) is 1. The van der Waals surface area contributed by atoms with Crippen molar-refractivity contribution in [2.24, 2.45) is 5.73 Å². The number of carbonyl (C=O) groups is 1. The molecule has 0 radical (unpaired) electrons. The van der Waals surface area contributed by atoms with Crippen molar-refractivity contribution in [3.63, 3.8) is 0 Å². The van der Waals surface area contributed by atoms with Gasteiger partial charge in [-0.3, -0.25) is 4.79 Å². The van der Waals surface area contributed by atoms with E-state index in [1.165, 1.54) is 5.56 Å². The highest BCUT2D eigenvalue weighted by Gasteiger charge is 2.31. The quantitative estimate of drug-likeness (QED) is 0.793. The lowest BCUT2D eigenvalue weighted by Crippen LogP contribution is -2.47. The first kappa shape index (κ1) is 15.5. The van der Waals surface area contributed by atoms with Crippen LogP contribution in [0.5, 0.6) is 0 Å². The molecule has 3 N–H and O–H groups in total. The Morgan fingerprint density at radius 3 is 2.68 bits per heavy atom. The van der Waals surface area contributed by atoms with Gasteiger partial charge in [0.15, 0.2) is 0 Å². The first-order valence-electron chi connectivity index (χ1n) is 6.69. The summed E-state index contributed by atoms with van der Waals surface area (Å²) in [6.07, 6.45) is 1.71. The molecule has 0 spiro atoms. The summed E-state index contributed by atoms with van der Waals surface area (Å²) >= 11 is 0. The fourth-order valence-corrected chi connectivity index (χ4v) is 2.06. The van der Waals surface area contributed by atoms with E-state index in [4.69, 9.17) is 10.8 Å². The third-order valence-corrected chi connectivity index (χ3v) is 3.62. The lowest BCUT2D eigenvalue weighted by molar-refractivity contribution is -0.143. The van der Waals surface area contributed by atoms with E-state index < -0.39 is 11.5 Å². The minimum absolute atomic E-state index is 0.455. The van der Waals surface area contributed by atoms with Crippen molar-refractivity contribution in [2.45, 2.75) is 38.6 Å². The minimum atomic E-state index is -1.09. The van der Waals surface area contributed by atoms with Gasteiger partial charge in [-0.05, 0) is 43.9 Å². The molecular weight excluding hydrogens is 240 g/mol. The van der Waals surface area contributed by atoms with E-state index in [1.807, 2.05) is 20.0 Å². The highest BCUT2D eigenvalue weighted by atomic mass is 16.4. The molecule has 0 bridgehead atoms. The van der Waals surface area contributed by atoms with Crippen molar-refractivity contribution in [3.8, 4) is 0 Å². The van der Waals surface area contributed by atoms with Crippen LogP contribution >= 0.6 is 0 Å². The standard InChI is InChI=1S/C15H24N2O2/c1-4-15(16,14(18)19)9-6-10-17(3)13-8-5-7-12(2)11-13/h5,7-8,11H,4,6,9-10,16H2,1-3H3,(H,18,19). The second-order valence-electron chi connectivity index (χ2n) is 5.18. The zero-order chi connectivity index (χ0) is 14.5. The molecule has 0 saturated carbocycles. The Balaban J connectivity index is 2.51. The molecule has 0 amide bonds. The summed E-state index contributed by atoms with van der Waals surface area (Å²) in [7, 11) is 2.01. The number of hydrogen-bond acceptors (Lipinski definition) is 3. The number of nitrogens with two attached hydrogens (primary N) is 1. The van der Waals surface area contributed by atoms with Gasteiger partial charge in [-0.25, -0.2) is 0 Å². The fraction of sp³-hybridized carbons (Fsp3) is 0.533. The molecule has 1 atom stereocenters. The zero-order valence-corrected chi connectivity index (χ0v) is 12.0. The Morgan fingerprint density at radius 2 is 2.16 bits per heavy atom. The molecule has 0 fully saturated rings. The summed E-state index contributed by atoms with van der Waals surface area (Å²) in [5.41, 5.74) is 7.15. The first-order chi connectivity index (χ1) is 8.89. The Hall–Kier alpha value is -1.55. The number of anilines is 1. The number of rotatable bonds is 7. The predicted octanol–water partition coefficient (Wildman–Crippen LogP) is 2.40. The summed E-state index contributed by atoms with van der Waals surface area (Å²) in [6, 6.07) is 8.26. The largest absolute Gasteiger partial charge is 0.480 e. The van der Waals surface area contributed by atoms with Gasteiger partial charge in [0.1, 0.15) is 5.54 Å². The van der Waals surface area contributed by atoms with Crippen LogP contribution < -0.4 is 10.6 Å². The zero-order valence-electron chi connectivity index (χ0n) is 12.0. The van der Waals surface area contributed by atoms with Crippen LogP contribution in [0.3, 0.4) is 0 Å². The molecule has 19 heavy (non-hydrogen) atoms. The maximum absolute atomic E-state index is 11.1. The monoisotopic (exact) mass is 264 g/mol. The molecule has 0 aromatic heterocycles. The summed E-state index contributed by atoms with van der Waals surface area (Å²) in [4.78, 5) is 13.2. The van der Waals surface area contributed by atoms with Crippen LogP contribution in [0.15, 0.2) is 24.3 Å².